The minimum absolute atomic E-state index is 0.0384. The molecule has 0 saturated carbocycles. The van der Waals surface area contributed by atoms with Crippen molar-refractivity contribution >= 4 is 23.2 Å². The molecule has 1 amide bonds. The zero-order valence-corrected chi connectivity index (χ0v) is 12.5. The van der Waals surface area contributed by atoms with Crippen molar-refractivity contribution in [3.8, 4) is 5.75 Å². The maximum atomic E-state index is 13.5. The first kappa shape index (κ1) is 15.3. The van der Waals surface area contributed by atoms with Crippen LogP contribution in [-0.4, -0.2) is 12.5 Å². The van der Waals surface area contributed by atoms with Crippen LogP contribution in [-0.2, 0) is 4.79 Å². The van der Waals surface area contributed by atoms with E-state index in [0.717, 1.165) is 11.1 Å². The first-order chi connectivity index (χ1) is 9.94. The standard InChI is InChI=1S/C16H15ClFNO2/c1-10-5-11(2)7-13(6-10)21-9-16(20)19-15-8-12(17)3-4-14(15)18/h3-8H,9H2,1-2H3,(H,19,20). The lowest BCUT2D eigenvalue weighted by Crippen LogP contribution is -2.20. The van der Waals surface area contributed by atoms with Gasteiger partial charge in [-0.05, 0) is 55.3 Å². The molecular weight excluding hydrogens is 293 g/mol. The Morgan fingerprint density at radius 1 is 1.19 bits per heavy atom. The van der Waals surface area contributed by atoms with Gasteiger partial charge in [0.2, 0.25) is 0 Å². The third-order valence-corrected chi connectivity index (χ3v) is 3.00. The third kappa shape index (κ3) is 4.46. The van der Waals surface area contributed by atoms with Crippen molar-refractivity contribution in [2.75, 3.05) is 11.9 Å². The van der Waals surface area contributed by atoms with Gasteiger partial charge in [-0.15, -0.1) is 0 Å². The topological polar surface area (TPSA) is 38.3 Å². The fraction of sp³-hybridized carbons (Fsp3) is 0.188. The van der Waals surface area contributed by atoms with Crippen LogP contribution in [0.25, 0.3) is 0 Å². The number of anilines is 1. The van der Waals surface area contributed by atoms with Gasteiger partial charge in [-0.1, -0.05) is 17.7 Å². The van der Waals surface area contributed by atoms with Gasteiger partial charge in [0, 0.05) is 5.02 Å². The molecule has 2 rings (SSSR count). The third-order valence-electron chi connectivity index (χ3n) is 2.77. The molecule has 0 bridgehead atoms. The van der Waals surface area contributed by atoms with Crippen molar-refractivity contribution in [2.24, 2.45) is 0 Å². The normalized spacial score (nSPS) is 10.3. The number of hydrogen-bond donors (Lipinski definition) is 1. The fourth-order valence-corrected chi connectivity index (χ4v) is 2.12. The minimum Gasteiger partial charge on any atom is -0.484 e. The number of aryl methyl sites for hydroxylation is 2. The molecule has 0 spiro atoms. The zero-order valence-electron chi connectivity index (χ0n) is 11.7. The Morgan fingerprint density at radius 2 is 1.86 bits per heavy atom. The largest absolute Gasteiger partial charge is 0.484 e. The molecule has 0 aliphatic carbocycles. The van der Waals surface area contributed by atoms with Crippen LogP contribution in [0.1, 0.15) is 11.1 Å². The van der Waals surface area contributed by atoms with E-state index < -0.39 is 11.7 Å². The van der Waals surface area contributed by atoms with Crippen LogP contribution in [0.4, 0.5) is 10.1 Å². The van der Waals surface area contributed by atoms with Crippen LogP contribution >= 0.6 is 11.6 Å². The summed E-state index contributed by atoms with van der Waals surface area (Å²) < 4.78 is 18.9. The molecule has 0 radical (unpaired) electrons. The number of rotatable bonds is 4. The van der Waals surface area contributed by atoms with Gasteiger partial charge >= 0.3 is 0 Å². The average Bonchev–Trinajstić information content (AvgIpc) is 2.40. The maximum absolute atomic E-state index is 13.5. The first-order valence-electron chi connectivity index (χ1n) is 6.40. The summed E-state index contributed by atoms with van der Waals surface area (Å²) in [4.78, 5) is 11.8. The summed E-state index contributed by atoms with van der Waals surface area (Å²) in [6, 6.07) is 9.64. The molecule has 0 heterocycles. The highest BCUT2D eigenvalue weighted by molar-refractivity contribution is 6.30. The molecule has 2 aromatic carbocycles. The highest BCUT2D eigenvalue weighted by Crippen LogP contribution is 2.20. The van der Waals surface area contributed by atoms with E-state index in [-0.39, 0.29) is 12.3 Å². The van der Waals surface area contributed by atoms with Crippen molar-refractivity contribution in [2.45, 2.75) is 13.8 Å². The van der Waals surface area contributed by atoms with Gasteiger partial charge in [-0.3, -0.25) is 4.79 Å². The van der Waals surface area contributed by atoms with E-state index in [2.05, 4.69) is 5.32 Å². The summed E-state index contributed by atoms with van der Waals surface area (Å²) in [5, 5.41) is 2.78. The number of amides is 1. The summed E-state index contributed by atoms with van der Waals surface area (Å²) in [5.74, 6) is -0.385. The van der Waals surface area contributed by atoms with E-state index in [4.69, 9.17) is 16.3 Å². The number of halogens is 2. The van der Waals surface area contributed by atoms with Crippen molar-refractivity contribution in [1.82, 2.24) is 0 Å². The molecule has 0 atom stereocenters. The van der Waals surface area contributed by atoms with Crippen molar-refractivity contribution in [3.63, 3.8) is 0 Å². The van der Waals surface area contributed by atoms with E-state index >= 15 is 0 Å². The van der Waals surface area contributed by atoms with Gasteiger partial charge in [0.05, 0.1) is 5.69 Å². The Labute approximate surface area is 127 Å². The number of carbonyl (C=O) groups is 1. The van der Waals surface area contributed by atoms with Gasteiger partial charge < -0.3 is 10.1 Å². The second-order valence-electron chi connectivity index (χ2n) is 4.78. The van der Waals surface area contributed by atoms with Crippen molar-refractivity contribution < 1.29 is 13.9 Å². The molecule has 0 fully saturated rings. The molecule has 0 saturated heterocycles. The van der Waals surface area contributed by atoms with Crippen LogP contribution in [0.5, 0.6) is 5.75 Å². The van der Waals surface area contributed by atoms with E-state index in [1.54, 1.807) is 0 Å². The SMILES string of the molecule is Cc1cc(C)cc(OCC(=O)Nc2cc(Cl)ccc2F)c1. The van der Waals surface area contributed by atoms with Crippen LogP contribution in [0.2, 0.25) is 5.02 Å². The predicted molar refractivity (Wildman–Crippen MR) is 81.5 cm³/mol. The van der Waals surface area contributed by atoms with E-state index in [0.29, 0.717) is 10.8 Å². The predicted octanol–water partition coefficient (Wildman–Crippen LogP) is 4.11. The summed E-state index contributed by atoms with van der Waals surface area (Å²) in [5.41, 5.74) is 2.13. The lowest BCUT2D eigenvalue weighted by molar-refractivity contribution is -0.118. The Morgan fingerprint density at radius 3 is 2.52 bits per heavy atom. The molecule has 21 heavy (non-hydrogen) atoms. The van der Waals surface area contributed by atoms with Crippen LogP contribution < -0.4 is 10.1 Å². The lowest BCUT2D eigenvalue weighted by Gasteiger charge is -2.09. The quantitative estimate of drug-likeness (QED) is 0.923. The first-order valence-corrected chi connectivity index (χ1v) is 6.78. The molecule has 0 aromatic heterocycles. The smallest absolute Gasteiger partial charge is 0.262 e. The number of nitrogens with one attached hydrogen (secondary N) is 1. The summed E-state index contributed by atoms with van der Waals surface area (Å²) >= 11 is 5.76. The molecule has 1 N–H and O–H groups in total. The highest BCUT2D eigenvalue weighted by Gasteiger charge is 2.08. The molecule has 2 aromatic rings. The molecule has 3 nitrogen and oxygen atoms in total. The second kappa shape index (κ2) is 6.59. The Balaban J connectivity index is 1.97. The summed E-state index contributed by atoms with van der Waals surface area (Å²) in [7, 11) is 0. The van der Waals surface area contributed by atoms with Crippen molar-refractivity contribution in [1.29, 1.82) is 0 Å². The van der Waals surface area contributed by atoms with E-state index in [1.165, 1.54) is 18.2 Å². The molecule has 110 valence electrons. The van der Waals surface area contributed by atoms with Gasteiger partial charge in [-0.2, -0.15) is 0 Å². The molecule has 0 unspecified atom stereocenters. The van der Waals surface area contributed by atoms with Gasteiger partial charge in [0.1, 0.15) is 11.6 Å². The zero-order chi connectivity index (χ0) is 15.4. The molecule has 0 aliphatic heterocycles. The number of hydrogen-bond acceptors (Lipinski definition) is 2. The minimum atomic E-state index is -0.542. The molecular formula is C16H15ClFNO2. The van der Waals surface area contributed by atoms with Gasteiger partial charge in [-0.25, -0.2) is 4.39 Å². The van der Waals surface area contributed by atoms with E-state index in [9.17, 15) is 9.18 Å². The Kier molecular flexibility index (Phi) is 4.81. The van der Waals surface area contributed by atoms with Gasteiger partial charge in [0.25, 0.3) is 5.91 Å². The summed E-state index contributed by atoms with van der Waals surface area (Å²) in [6.07, 6.45) is 0. The lowest BCUT2D eigenvalue weighted by atomic mass is 10.1. The number of carbonyl (C=O) groups excluding carboxylic acids is 1. The number of benzene rings is 2. The van der Waals surface area contributed by atoms with E-state index in [1.807, 2.05) is 32.0 Å². The van der Waals surface area contributed by atoms with Crippen LogP contribution in [0.15, 0.2) is 36.4 Å². The number of ether oxygens (including phenoxy) is 1. The second-order valence-corrected chi connectivity index (χ2v) is 5.22. The molecule has 5 heteroatoms. The Bertz CT molecular complexity index is 653. The Hall–Kier alpha value is -2.07. The maximum Gasteiger partial charge on any atom is 0.262 e. The fourth-order valence-electron chi connectivity index (χ4n) is 1.94. The van der Waals surface area contributed by atoms with Crippen molar-refractivity contribution in [3.05, 3.63) is 58.4 Å². The summed E-state index contributed by atoms with van der Waals surface area (Å²) in [6.45, 7) is 3.69. The molecule has 0 aliphatic rings. The highest BCUT2D eigenvalue weighted by atomic mass is 35.5. The van der Waals surface area contributed by atoms with Crippen LogP contribution in [0.3, 0.4) is 0 Å². The monoisotopic (exact) mass is 307 g/mol. The van der Waals surface area contributed by atoms with Gasteiger partial charge in [0.15, 0.2) is 6.61 Å². The average molecular weight is 308 g/mol. The van der Waals surface area contributed by atoms with Crippen LogP contribution in [0, 0.1) is 19.7 Å².